The van der Waals surface area contributed by atoms with E-state index in [0.717, 1.165) is 11.1 Å². The Morgan fingerprint density at radius 2 is 1.61 bits per heavy atom. The Labute approximate surface area is 185 Å². The van der Waals surface area contributed by atoms with E-state index in [4.69, 9.17) is 16.3 Å². The van der Waals surface area contributed by atoms with Crippen molar-refractivity contribution in [2.24, 2.45) is 5.10 Å². The van der Waals surface area contributed by atoms with E-state index in [1.807, 2.05) is 60.7 Å². The molecule has 0 aliphatic rings. The molecule has 0 aliphatic heterocycles. The molecule has 2 amide bonds. The van der Waals surface area contributed by atoms with Gasteiger partial charge in [0.1, 0.15) is 5.75 Å². The van der Waals surface area contributed by atoms with Gasteiger partial charge in [-0.1, -0.05) is 72.3 Å². The number of nitrogens with one attached hydrogen (secondary N) is 2. The molecule has 158 valence electrons. The van der Waals surface area contributed by atoms with Crippen LogP contribution < -0.4 is 15.5 Å². The summed E-state index contributed by atoms with van der Waals surface area (Å²) in [5, 5.41) is 7.03. The zero-order valence-electron chi connectivity index (χ0n) is 16.9. The molecule has 3 aromatic rings. The lowest BCUT2D eigenvalue weighted by Crippen LogP contribution is -2.37. The summed E-state index contributed by atoms with van der Waals surface area (Å²) in [6.07, 6.45) is 1.46. The zero-order valence-corrected chi connectivity index (χ0v) is 17.7. The number of methoxy groups -OCH3 is 1. The third-order valence-electron chi connectivity index (χ3n) is 4.53. The minimum atomic E-state index is -0.514. The lowest BCUT2D eigenvalue weighted by atomic mass is 9.90. The van der Waals surface area contributed by atoms with Crippen molar-refractivity contribution in [2.45, 2.75) is 5.92 Å². The zero-order chi connectivity index (χ0) is 22.1. The SMILES string of the molecule is COc1ccc(/C=N/NC(=O)CNC(=O)C(c2ccccc2)c2ccccc2)cc1Cl. The van der Waals surface area contributed by atoms with Crippen LogP contribution in [-0.2, 0) is 9.59 Å². The molecule has 0 bridgehead atoms. The van der Waals surface area contributed by atoms with Gasteiger partial charge < -0.3 is 10.1 Å². The Bertz CT molecular complexity index is 1020. The number of carbonyl (C=O) groups is 2. The monoisotopic (exact) mass is 435 g/mol. The van der Waals surface area contributed by atoms with Gasteiger partial charge in [-0.3, -0.25) is 9.59 Å². The van der Waals surface area contributed by atoms with Crippen LogP contribution in [-0.4, -0.2) is 31.7 Å². The lowest BCUT2D eigenvalue weighted by Gasteiger charge is -2.17. The van der Waals surface area contributed by atoms with E-state index in [1.54, 1.807) is 18.2 Å². The molecule has 2 N–H and O–H groups in total. The molecule has 0 fully saturated rings. The maximum atomic E-state index is 12.9. The molecule has 0 spiro atoms. The van der Waals surface area contributed by atoms with E-state index >= 15 is 0 Å². The van der Waals surface area contributed by atoms with Crippen LogP contribution in [0.5, 0.6) is 5.75 Å². The minimum Gasteiger partial charge on any atom is -0.495 e. The lowest BCUT2D eigenvalue weighted by molar-refractivity contribution is -0.126. The van der Waals surface area contributed by atoms with Crippen LogP contribution in [0, 0.1) is 0 Å². The molecule has 7 heteroatoms. The molecule has 0 saturated heterocycles. The number of nitrogens with zero attached hydrogens (tertiary/aromatic N) is 1. The summed E-state index contributed by atoms with van der Waals surface area (Å²) in [4.78, 5) is 25.0. The van der Waals surface area contributed by atoms with Crippen molar-refractivity contribution in [3.05, 3.63) is 101 Å². The molecule has 0 saturated carbocycles. The molecule has 3 rings (SSSR count). The molecule has 0 aliphatic carbocycles. The summed E-state index contributed by atoms with van der Waals surface area (Å²) in [5.74, 6) is -0.667. The highest BCUT2D eigenvalue weighted by Crippen LogP contribution is 2.25. The first-order chi connectivity index (χ1) is 15.1. The molecular weight excluding hydrogens is 414 g/mol. The van der Waals surface area contributed by atoms with Crippen LogP contribution in [0.25, 0.3) is 0 Å². The van der Waals surface area contributed by atoms with Crippen molar-refractivity contribution in [1.29, 1.82) is 0 Å². The first-order valence-corrected chi connectivity index (χ1v) is 9.99. The molecule has 0 atom stereocenters. The molecule has 6 nitrogen and oxygen atoms in total. The highest BCUT2D eigenvalue weighted by atomic mass is 35.5. The molecule has 31 heavy (non-hydrogen) atoms. The Hall–Kier alpha value is -3.64. The summed E-state index contributed by atoms with van der Waals surface area (Å²) in [6, 6.07) is 24.0. The second-order valence-corrected chi connectivity index (χ2v) is 7.07. The van der Waals surface area contributed by atoms with Gasteiger partial charge in [0, 0.05) is 0 Å². The van der Waals surface area contributed by atoms with Crippen LogP contribution in [0.1, 0.15) is 22.6 Å². The summed E-state index contributed by atoms with van der Waals surface area (Å²) >= 11 is 6.06. The summed E-state index contributed by atoms with van der Waals surface area (Å²) in [5.41, 5.74) is 4.79. The van der Waals surface area contributed by atoms with Gasteiger partial charge in [-0.25, -0.2) is 5.43 Å². The van der Waals surface area contributed by atoms with E-state index in [-0.39, 0.29) is 12.5 Å². The van der Waals surface area contributed by atoms with Crippen molar-refractivity contribution < 1.29 is 14.3 Å². The van der Waals surface area contributed by atoms with Gasteiger partial charge in [-0.2, -0.15) is 5.10 Å². The van der Waals surface area contributed by atoms with Crippen LogP contribution in [0.3, 0.4) is 0 Å². The Kier molecular flexibility index (Phi) is 7.79. The fourth-order valence-electron chi connectivity index (χ4n) is 3.04. The quantitative estimate of drug-likeness (QED) is 0.417. The Morgan fingerprint density at radius 1 is 1.00 bits per heavy atom. The first kappa shape index (κ1) is 22.1. The summed E-state index contributed by atoms with van der Waals surface area (Å²) < 4.78 is 5.09. The van der Waals surface area contributed by atoms with Crippen LogP contribution in [0.15, 0.2) is 84.0 Å². The second-order valence-electron chi connectivity index (χ2n) is 6.66. The summed E-state index contributed by atoms with van der Waals surface area (Å²) in [6.45, 7) is -0.199. The van der Waals surface area contributed by atoms with Gasteiger partial charge in [-0.15, -0.1) is 0 Å². The molecular formula is C24H22ClN3O3. The standard InChI is InChI=1S/C24H22ClN3O3/c1-31-21-13-12-17(14-20(21)25)15-27-28-22(29)16-26-24(30)23(18-8-4-2-5-9-18)19-10-6-3-7-11-19/h2-15,23H,16H2,1H3,(H,26,30)(H,28,29)/b27-15+. The maximum absolute atomic E-state index is 12.9. The van der Waals surface area contributed by atoms with E-state index in [1.165, 1.54) is 13.3 Å². The largest absolute Gasteiger partial charge is 0.495 e. The van der Waals surface area contributed by atoms with Gasteiger partial charge in [0.15, 0.2) is 0 Å². The van der Waals surface area contributed by atoms with E-state index in [2.05, 4.69) is 15.8 Å². The number of amides is 2. The predicted molar refractivity (Wildman–Crippen MR) is 121 cm³/mol. The summed E-state index contributed by atoms with van der Waals surface area (Å²) in [7, 11) is 1.53. The minimum absolute atomic E-state index is 0.199. The first-order valence-electron chi connectivity index (χ1n) is 9.61. The van der Waals surface area contributed by atoms with Crippen molar-refractivity contribution in [3.63, 3.8) is 0 Å². The van der Waals surface area contributed by atoms with Gasteiger partial charge in [0.05, 0.1) is 30.8 Å². The maximum Gasteiger partial charge on any atom is 0.259 e. The number of hydrogen-bond acceptors (Lipinski definition) is 4. The van der Waals surface area contributed by atoms with Crippen LogP contribution >= 0.6 is 11.6 Å². The molecule has 0 unspecified atom stereocenters. The number of hydrazone groups is 1. The Morgan fingerprint density at radius 3 is 2.16 bits per heavy atom. The molecule has 0 aromatic heterocycles. The smallest absolute Gasteiger partial charge is 0.259 e. The molecule has 3 aromatic carbocycles. The number of ether oxygens (including phenoxy) is 1. The van der Waals surface area contributed by atoms with Gasteiger partial charge in [0.2, 0.25) is 5.91 Å². The third-order valence-corrected chi connectivity index (χ3v) is 4.83. The fraction of sp³-hybridized carbons (Fsp3) is 0.125. The normalized spacial score (nSPS) is 10.8. The van der Waals surface area contributed by atoms with Crippen molar-refractivity contribution in [3.8, 4) is 5.75 Å². The third kappa shape index (κ3) is 6.17. The highest BCUT2D eigenvalue weighted by molar-refractivity contribution is 6.32. The predicted octanol–water partition coefficient (Wildman–Crippen LogP) is 3.75. The average Bonchev–Trinajstić information content (AvgIpc) is 2.79. The van der Waals surface area contributed by atoms with Gasteiger partial charge in [0.25, 0.3) is 5.91 Å². The van der Waals surface area contributed by atoms with Gasteiger partial charge >= 0.3 is 0 Å². The topological polar surface area (TPSA) is 79.8 Å². The van der Waals surface area contributed by atoms with Crippen molar-refractivity contribution >= 4 is 29.6 Å². The number of carbonyl (C=O) groups excluding carboxylic acids is 2. The van der Waals surface area contributed by atoms with Crippen LogP contribution in [0.2, 0.25) is 5.02 Å². The average molecular weight is 436 g/mol. The van der Waals surface area contributed by atoms with Crippen molar-refractivity contribution in [2.75, 3.05) is 13.7 Å². The number of halogens is 1. The fourth-order valence-corrected chi connectivity index (χ4v) is 3.30. The van der Waals surface area contributed by atoms with E-state index < -0.39 is 11.8 Å². The number of hydrogen-bond donors (Lipinski definition) is 2. The second kappa shape index (κ2) is 10.9. The van der Waals surface area contributed by atoms with E-state index in [0.29, 0.717) is 16.3 Å². The number of benzene rings is 3. The Balaban J connectivity index is 1.59. The van der Waals surface area contributed by atoms with Crippen LogP contribution in [0.4, 0.5) is 0 Å². The van der Waals surface area contributed by atoms with Crippen molar-refractivity contribution in [1.82, 2.24) is 10.7 Å². The van der Waals surface area contributed by atoms with Gasteiger partial charge in [-0.05, 0) is 34.9 Å². The molecule has 0 heterocycles. The number of rotatable bonds is 8. The van der Waals surface area contributed by atoms with E-state index in [9.17, 15) is 9.59 Å². The highest BCUT2D eigenvalue weighted by Gasteiger charge is 2.22. The molecule has 0 radical (unpaired) electrons.